The Labute approximate surface area is 205 Å². The highest BCUT2D eigenvalue weighted by Crippen LogP contribution is 2.65. The van der Waals surface area contributed by atoms with E-state index in [0.29, 0.717) is 6.42 Å². The number of carbonyl (C=O) groups is 3. The highest BCUT2D eigenvalue weighted by atomic mass is 16.3. The van der Waals surface area contributed by atoms with E-state index in [1.807, 2.05) is 20.8 Å². The summed E-state index contributed by atoms with van der Waals surface area (Å²) in [5.74, 6) is -5.02. The monoisotopic (exact) mass is 482 g/mol. The van der Waals surface area contributed by atoms with Crippen molar-refractivity contribution in [2.24, 2.45) is 22.7 Å². The molecule has 0 amide bonds. The molecule has 0 heterocycles. The number of allylic oxidation sites excluding steroid dienone is 1. The molecule has 4 N–H and O–H groups in total. The smallest absolute Gasteiger partial charge is 0.203 e. The van der Waals surface area contributed by atoms with Crippen molar-refractivity contribution in [1.82, 2.24) is 0 Å². The number of fused-ring (bicyclic) bond motifs is 3. The van der Waals surface area contributed by atoms with Crippen LogP contribution >= 0.6 is 0 Å². The number of aromatic hydroxyl groups is 1. The van der Waals surface area contributed by atoms with Gasteiger partial charge in [-0.25, -0.2) is 0 Å². The van der Waals surface area contributed by atoms with Gasteiger partial charge < -0.3 is 20.4 Å². The predicted octanol–water partition coefficient (Wildman–Crippen LogP) is 4.31. The number of hydrogen-bond donors (Lipinski definition) is 4. The van der Waals surface area contributed by atoms with Gasteiger partial charge in [0.25, 0.3) is 0 Å². The normalized spacial score (nSPS) is 32.7. The van der Waals surface area contributed by atoms with Crippen molar-refractivity contribution in [1.29, 1.82) is 0 Å². The zero-order valence-electron chi connectivity index (χ0n) is 21.3. The Morgan fingerprint density at radius 3 is 2.17 bits per heavy atom. The second kappa shape index (κ2) is 7.53. The Kier molecular flexibility index (Phi) is 5.42. The van der Waals surface area contributed by atoms with Crippen LogP contribution in [0.3, 0.4) is 0 Å². The van der Waals surface area contributed by atoms with E-state index in [1.165, 1.54) is 6.07 Å². The summed E-state index contributed by atoms with van der Waals surface area (Å²) in [7, 11) is 0. The summed E-state index contributed by atoms with van der Waals surface area (Å²) in [6, 6.07) is 3.27. The lowest BCUT2D eigenvalue weighted by Gasteiger charge is -2.59. The highest BCUT2D eigenvalue weighted by Gasteiger charge is 2.72. The molecule has 3 aliphatic rings. The maximum absolute atomic E-state index is 14.2. The van der Waals surface area contributed by atoms with Gasteiger partial charge in [0, 0.05) is 22.3 Å². The standard InChI is InChI=1S/C28H34O7/c1-12(2)15-8-9-17(30)19-16(15)10-26(6)11-27(7)20(13(3)4)22(31)18(14(5)29)24(33)28(27,35)25(34)21(26)23(19)32/h8-9,12-13,20,30,32-33,35H,10-11H2,1-7H3/t20?,26-,27-,28+/m1/s1. The van der Waals surface area contributed by atoms with Gasteiger partial charge in [0.15, 0.2) is 17.2 Å². The van der Waals surface area contributed by atoms with Crippen molar-refractivity contribution in [2.45, 2.75) is 72.8 Å². The molecule has 0 bridgehead atoms. The second-order valence-corrected chi connectivity index (χ2v) is 11.6. The molecule has 7 heteroatoms. The van der Waals surface area contributed by atoms with Crippen molar-refractivity contribution in [3.63, 3.8) is 0 Å². The first kappa shape index (κ1) is 25.2. The molecule has 1 unspecified atom stereocenters. The van der Waals surface area contributed by atoms with Gasteiger partial charge in [0.1, 0.15) is 22.8 Å². The zero-order chi connectivity index (χ0) is 26.4. The number of aliphatic hydroxyl groups is 3. The number of phenolic OH excluding ortho intramolecular Hbond substituents is 1. The molecule has 1 aromatic carbocycles. The molecular weight excluding hydrogens is 448 g/mol. The van der Waals surface area contributed by atoms with Crippen LogP contribution in [0.15, 0.2) is 29.0 Å². The van der Waals surface area contributed by atoms with Crippen LogP contribution in [0.4, 0.5) is 0 Å². The molecule has 1 aromatic rings. The molecule has 0 aromatic heterocycles. The van der Waals surface area contributed by atoms with Gasteiger partial charge in [-0.3, -0.25) is 14.4 Å². The van der Waals surface area contributed by atoms with E-state index in [9.17, 15) is 34.8 Å². The molecule has 188 valence electrons. The minimum atomic E-state index is -2.58. The van der Waals surface area contributed by atoms with Crippen LogP contribution in [-0.2, 0) is 20.8 Å². The fourth-order valence-corrected chi connectivity index (χ4v) is 7.28. The zero-order valence-corrected chi connectivity index (χ0v) is 21.3. The average Bonchev–Trinajstić information content (AvgIpc) is 2.69. The quantitative estimate of drug-likeness (QED) is 0.472. The van der Waals surface area contributed by atoms with E-state index in [-0.39, 0.29) is 35.1 Å². The number of hydrogen-bond acceptors (Lipinski definition) is 7. The third-order valence-corrected chi connectivity index (χ3v) is 8.55. The van der Waals surface area contributed by atoms with Crippen molar-refractivity contribution in [3.8, 4) is 5.75 Å². The van der Waals surface area contributed by atoms with E-state index in [0.717, 1.165) is 18.1 Å². The van der Waals surface area contributed by atoms with Crippen molar-refractivity contribution < 1.29 is 34.8 Å². The van der Waals surface area contributed by atoms with Crippen LogP contribution in [0.5, 0.6) is 5.75 Å². The molecule has 0 radical (unpaired) electrons. The minimum absolute atomic E-state index is 0.0823. The van der Waals surface area contributed by atoms with Gasteiger partial charge in [-0.15, -0.1) is 0 Å². The molecule has 0 spiro atoms. The van der Waals surface area contributed by atoms with Crippen molar-refractivity contribution >= 4 is 23.1 Å². The van der Waals surface area contributed by atoms with Gasteiger partial charge >= 0.3 is 0 Å². The van der Waals surface area contributed by atoms with E-state index < -0.39 is 56.8 Å². The third kappa shape index (κ3) is 2.97. The van der Waals surface area contributed by atoms with E-state index in [2.05, 4.69) is 0 Å². The van der Waals surface area contributed by atoms with Crippen LogP contribution in [0, 0.1) is 22.7 Å². The molecule has 1 saturated carbocycles. The van der Waals surface area contributed by atoms with Crippen molar-refractivity contribution in [2.75, 3.05) is 0 Å². The molecule has 0 saturated heterocycles. The number of ketones is 3. The summed E-state index contributed by atoms with van der Waals surface area (Å²) in [5, 5.41) is 45.2. The molecule has 3 aliphatic carbocycles. The lowest BCUT2D eigenvalue weighted by molar-refractivity contribution is -0.178. The topological polar surface area (TPSA) is 132 Å². The fourth-order valence-electron chi connectivity index (χ4n) is 7.28. The number of phenols is 1. The maximum Gasteiger partial charge on any atom is 0.203 e. The SMILES string of the molecule is CC(=O)C1=C(O)[C@]2(O)C(=O)C3=C(O)c4c(O)ccc(C(C)C)c4C[C@]3(C)C[C@]2(C)C(C(C)C)C1=O. The van der Waals surface area contributed by atoms with Gasteiger partial charge in [-0.2, -0.15) is 0 Å². The summed E-state index contributed by atoms with van der Waals surface area (Å²) in [4.78, 5) is 40.0. The first-order valence-corrected chi connectivity index (χ1v) is 12.1. The Morgan fingerprint density at radius 1 is 1.06 bits per heavy atom. The second-order valence-electron chi connectivity index (χ2n) is 11.6. The lowest BCUT2D eigenvalue weighted by Crippen LogP contribution is -2.69. The molecule has 35 heavy (non-hydrogen) atoms. The summed E-state index contributed by atoms with van der Waals surface area (Å²) >= 11 is 0. The molecular formula is C28H34O7. The molecule has 0 aliphatic heterocycles. The van der Waals surface area contributed by atoms with Gasteiger partial charge in [0.05, 0.1) is 5.56 Å². The lowest BCUT2D eigenvalue weighted by atomic mass is 9.43. The number of aliphatic hydroxyl groups excluding tert-OH is 2. The number of Topliss-reactive ketones (excluding diaryl/α,β-unsaturated/α-hetero) is 3. The summed E-state index contributed by atoms with van der Waals surface area (Å²) < 4.78 is 0. The third-order valence-electron chi connectivity index (χ3n) is 8.55. The Hall–Kier alpha value is -2.93. The summed E-state index contributed by atoms with van der Waals surface area (Å²) in [5.41, 5.74) is -3.90. The molecule has 4 rings (SSSR count). The maximum atomic E-state index is 14.2. The summed E-state index contributed by atoms with van der Waals surface area (Å²) in [6.45, 7) is 12.1. The van der Waals surface area contributed by atoms with Crippen LogP contribution in [0.25, 0.3) is 5.76 Å². The Morgan fingerprint density at radius 2 is 1.66 bits per heavy atom. The fraction of sp³-hybridized carbons (Fsp3) is 0.536. The number of carbonyl (C=O) groups excluding carboxylic acids is 3. The number of rotatable bonds is 3. The van der Waals surface area contributed by atoms with Crippen molar-refractivity contribution in [3.05, 3.63) is 45.7 Å². The Balaban J connectivity index is 2.10. The van der Waals surface area contributed by atoms with E-state index in [4.69, 9.17) is 0 Å². The van der Waals surface area contributed by atoms with Gasteiger partial charge in [-0.05, 0) is 48.8 Å². The molecule has 7 nitrogen and oxygen atoms in total. The first-order valence-electron chi connectivity index (χ1n) is 12.1. The molecule has 1 fully saturated rings. The predicted molar refractivity (Wildman–Crippen MR) is 130 cm³/mol. The first-order chi connectivity index (χ1) is 16.0. The van der Waals surface area contributed by atoms with Crippen LogP contribution in [0.2, 0.25) is 0 Å². The highest BCUT2D eigenvalue weighted by molar-refractivity contribution is 6.24. The van der Waals surface area contributed by atoms with Gasteiger partial charge in [-0.1, -0.05) is 47.6 Å². The van der Waals surface area contributed by atoms with Crippen LogP contribution in [0.1, 0.15) is 77.5 Å². The largest absolute Gasteiger partial charge is 0.508 e. The summed E-state index contributed by atoms with van der Waals surface area (Å²) in [6.07, 6.45) is 0.391. The van der Waals surface area contributed by atoms with E-state index >= 15 is 0 Å². The minimum Gasteiger partial charge on any atom is -0.508 e. The average molecular weight is 483 g/mol. The number of benzene rings is 1. The van der Waals surface area contributed by atoms with E-state index in [1.54, 1.807) is 26.8 Å². The van der Waals surface area contributed by atoms with Crippen LogP contribution in [-0.4, -0.2) is 43.4 Å². The van der Waals surface area contributed by atoms with Gasteiger partial charge in [0.2, 0.25) is 5.78 Å². The Bertz CT molecular complexity index is 1250. The van der Waals surface area contributed by atoms with Crippen LogP contribution < -0.4 is 0 Å². The molecule has 4 atom stereocenters.